The minimum Gasteiger partial charge on any atom is -0.309 e. The van der Waals surface area contributed by atoms with Crippen molar-refractivity contribution >= 4 is 28.2 Å². The number of urea groups is 1. The number of hydrogen-bond acceptors (Lipinski definition) is 6. The van der Waals surface area contributed by atoms with Crippen molar-refractivity contribution in [1.82, 2.24) is 20.8 Å². The van der Waals surface area contributed by atoms with Gasteiger partial charge in [0, 0.05) is 13.5 Å². The summed E-state index contributed by atoms with van der Waals surface area (Å²) in [5.41, 5.74) is 4.27. The van der Waals surface area contributed by atoms with Gasteiger partial charge < -0.3 is 4.90 Å². The van der Waals surface area contributed by atoms with Crippen molar-refractivity contribution in [1.29, 1.82) is 0 Å². The first-order valence-corrected chi connectivity index (χ1v) is 7.39. The number of amides is 4. The van der Waals surface area contributed by atoms with Gasteiger partial charge >= 0.3 is 16.4 Å². The SMILES string of the molecule is CC(=O)NNC(=O)[C@@H]1CC[C@@H]2CN1C(=O)N2OS(=O)(=O)O. The molecule has 118 valence electrons. The zero-order valence-electron chi connectivity index (χ0n) is 11.0. The number of piperidine rings is 1. The van der Waals surface area contributed by atoms with Crippen LogP contribution in [0.2, 0.25) is 0 Å². The fourth-order valence-corrected chi connectivity index (χ4v) is 2.73. The molecule has 0 aromatic heterocycles. The highest BCUT2D eigenvalue weighted by Crippen LogP contribution is 2.30. The number of carbonyl (C=O) groups is 3. The summed E-state index contributed by atoms with van der Waals surface area (Å²) in [6, 6.07) is -2.25. The highest BCUT2D eigenvalue weighted by atomic mass is 32.3. The number of hydrogen-bond donors (Lipinski definition) is 3. The molecule has 12 heteroatoms. The average Bonchev–Trinajstić information content (AvgIpc) is 2.60. The van der Waals surface area contributed by atoms with Crippen LogP contribution in [0.3, 0.4) is 0 Å². The Balaban J connectivity index is 2.06. The summed E-state index contributed by atoms with van der Waals surface area (Å²) in [5, 5.41) is 0.543. The lowest BCUT2D eigenvalue weighted by molar-refractivity contribution is -0.131. The Morgan fingerprint density at radius 2 is 2.00 bits per heavy atom. The van der Waals surface area contributed by atoms with Gasteiger partial charge in [0.25, 0.3) is 5.91 Å². The van der Waals surface area contributed by atoms with Crippen LogP contribution in [0.4, 0.5) is 4.79 Å². The maximum atomic E-state index is 12.0. The molecule has 0 aliphatic carbocycles. The molecule has 2 saturated heterocycles. The number of carbonyl (C=O) groups excluding carboxylic acids is 3. The summed E-state index contributed by atoms with van der Waals surface area (Å²) in [5.74, 6) is -1.06. The van der Waals surface area contributed by atoms with Gasteiger partial charge in [-0.1, -0.05) is 0 Å². The van der Waals surface area contributed by atoms with E-state index >= 15 is 0 Å². The number of nitrogens with one attached hydrogen (secondary N) is 2. The van der Waals surface area contributed by atoms with Crippen LogP contribution >= 0.6 is 0 Å². The minimum atomic E-state index is -4.82. The van der Waals surface area contributed by atoms with E-state index in [-0.39, 0.29) is 13.0 Å². The van der Waals surface area contributed by atoms with E-state index in [1.54, 1.807) is 0 Å². The molecule has 0 saturated carbocycles. The monoisotopic (exact) mass is 322 g/mol. The average molecular weight is 322 g/mol. The van der Waals surface area contributed by atoms with Crippen molar-refractivity contribution in [2.75, 3.05) is 6.54 Å². The van der Waals surface area contributed by atoms with Gasteiger partial charge in [0.15, 0.2) is 0 Å². The molecular weight excluding hydrogens is 308 g/mol. The molecule has 2 heterocycles. The Morgan fingerprint density at radius 1 is 1.33 bits per heavy atom. The van der Waals surface area contributed by atoms with Gasteiger partial charge in [-0.05, 0) is 12.8 Å². The molecule has 0 spiro atoms. The van der Waals surface area contributed by atoms with Gasteiger partial charge in [0.1, 0.15) is 6.04 Å². The van der Waals surface area contributed by atoms with Crippen LogP contribution in [0.15, 0.2) is 0 Å². The van der Waals surface area contributed by atoms with E-state index in [0.29, 0.717) is 11.5 Å². The molecule has 4 amide bonds. The van der Waals surface area contributed by atoms with Crippen molar-refractivity contribution in [3.05, 3.63) is 0 Å². The molecule has 2 aliphatic heterocycles. The first-order valence-electron chi connectivity index (χ1n) is 6.02. The van der Waals surface area contributed by atoms with Crippen molar-refractivity contribution in [3.63, 3.8) is 0 Å². The smallest absolute Gasteiger partial charge is 0.309 e. The molecule has 2 fully saturated rings. The molecule has 2 aliphatic rings. The van der Waals surface area contributed by atoms with Gasteiger partial charge in [-0.2, -0.15) is 13.5 Å². The van der Waals surface area contributed by atoms with Gasteiger partial charge in [0.2, 0.25) is 5.91 Å². The van der Waals surface area contributed by atoms with E-state index in [4.69, 9.17) is 4.55 Å². The van der Waals surface area contributed by atoms with Crippen molar-refractivity contribution < 1.29 is 31.6 Å². The third-order valence-corrected chi connectivity index (χ3v) is 3.51. The van der Waals surface area contributed by atoms with Crippen LogP contribution in [0, 0.1) is 0 Å². The lowest BCUT2D eigenvalue weighted by Gasteiger charge is -2.29. The first kappa shape index (κ1) is 15.5. The molecule has 3 N–H and O–H groups in total. The van der Waals surface area contributed by atoms with Crippen LogP contribution in [0.5, 0.6) is 0 Å². The van der Waals surface area contributed by atoms with E-state index in [0.717, 1.165) is 4.90 Å². The molecule has 0 unspecified atom stereocenters. The maximum absolute atomic E-state index is 12.0. The number of fused-ring (bicyclic) bond motifs is 2. The summed E-state index contributed by atoms with van der Waals surface area (Å²) >= 11 is 0. The van der Waals surface area contributed by atoms with Gasteiger partial charge in [0.05, 0.1) is 6.04 Å². The number of hydrazine groups is 1. The molecule has 2 rings (SSSR count). The fraction of sp³-hybridized carbons (Fsp3) is 0.667. The molecule has 2 atom stereocenters. The predicted molar refractivity (Wildman–Crippen MR) is 65.3 cm³/mol. The molecule has 11 nitrogen and oxygen atoms in total. The summed E-state index contributed by atoms with van der Waals surface area (Å²) in [4.78, 5) is 35.7. The second kappa shape index (κ2) is 5.46. The van der Waals surface area contributed by atoms with E-state index in [1.807, 2.05) is 0 Å². The van der Waals surface area contributed by atoms with Crippen LogP contribution < -0.4 is 10.9 Å². The maximum Gasteiger partial charge on any atom is 0.418 e. The number of nitrogens with zero attached hydrogens (tertiary/aromatic N) is 2. The highest BCUT2D eigenvalue weighted by Gasteiger charge is 2.49. The molecule has 0 radical (unpaired) electrons. The Kier molecular flexibility index (Phi) is 4.02. The van der Waals surface area contributed by atoms with Crippen molar-refractivity contribution in [2.45, 2.75) is 31.8 Å². The summed E-state index contributed by atoms with van der Waals surface area (Å²) < 4.78 is 34.3. The Hall–Kier alpha value is -1.92. The second-order valence-corrected chi connectivity index (χ2v) is 5.68. The molecule has 2 bridgehead atoms. The Morgan fingerprint density at radius 3 is 2.57 bits per heavy atom. The Bertz CT molecular complexity index is 577. The number of hydroxylamine groups is 2. The zero-order valence-corrected chi connectivity index (χ0v) is 11.8. The third kappa shape index (κ3) is 3.40. The van der Waals surface area contributed by atoms with Gasteiger partial charge in [-0.3, -0.25) is 25.0 Å². The highest BCUT2D eigenvalue weighted by molar-refractivity contribution is 7.80. The molecule has 0 aromatic carbocycles. The lowest BCUT2D eigenvalue weighted by atomic mass is 10.0. The van der Waals surface area contributed by atoms with Crippen LogP contribution in [-0.2, 0) is 24.3 Å². The van der Waals surface area contributed by atoms with Crippen LogP contribution in [-0.4, -0.2) is 59.4 Å². The van der Waals surface area contributed by atoms with Crippen LogP contribution in [0.1, 0.15) is 19.8 Å². The third-order valence-electron chi connectivity index (χ3n) is 3.16. The normalized spacial score (nSPS) is 25.0. The van der Waals surface area contributed by atoms with E-state index < -0.39 is 40.3 Å². The van der Waals surface area contributed by atoms with E-state index in [9.17, 15) is 22.8 Å². The zero-order chi connectivity index (χ0) is 15.8. The van der Waals surface area contributed by atoms with Crippen molar-refractivity contribution in [3.8, 4) is 0 Å². The summed E-state index contributed by atoms with van der Waals surface area (Å²) in [6.07, 6.45) is 0.586. The lowest BCUT2D eigenvalue weighted by Crippen LogP contribution is -2.53. The van der Waals surface area contributed by atoms with Crippen molar-refractivity contribution in [2.24, 2.45) is 0 Å². The molecular formula is C9H14N4O7S. The fourth-order valence-electron chi connectivity index (χ4n) is 2.34. The molecule has 21 heavy (non-hydrogen) atoms. The second-order valence-electron chi connectivity index (χ2n) is 4.68. The topological polar surface area (TPSA) is 145 Å². The summed E-state index contributed by atoms with van der Waals surface area (Å²) in [7, 11) is -4.82. The van der Waals surface area contributed by atoms with E-state index in [2.05, 4.69) is 15.1 Å². The molecule has 0 aromatic rings. The largest absolute Gasteiger partial charge is 0.418 e. The van der Waals surface area contributed by atoms with Crippen LogP contribution in [0.25, 0.3) is 0 Å². The first-order chi connectivity index (χ1) is 9.69. The summed E-state index contributed by atoms with van der Waals surface area (Å²) in [6.45, 7) is 1.30. The van der Waals surface area contributed by atoms with E-state index in [1.165, 1.54) is 6.92 Å². The van der Waals surface area contributed by atoms with Gasteiger partial charge in [-0.25, -0.2) is 4.79 Å². The predicted octanol–water partition coefficient (Wildman–Crippen LogP) is -1.84. The quantitative estimate of drug-likeness (QED) is 0.408. The Labute approximate surface area is 120 Å². The minimum absolute atomic E-state index is 0.0898. The standard InChI is InChI=1S/C9H14N4O7S/c1-5(14)10-11-8(15)7-3-2-6-4-12(7)9(16)13(6)20-21(17,18)19/h6-7H,2-4H2,1H3,(H,10,14)(H,11,15)(H,17,18,19)/t6-,7+/m1/s1. The number of rotatable bonds is 3. The van der Waals surface area contributed by atoms with Gasteiger partial charge in [-0.15, -0.1) is 4.28 Å².